The van der Waals surface area contributed by atoms with Crippen molar-refractivity contribution < 1.29 is 0 Å². The lowest BCUT2D eigenvalue weighted by Crippen LogP contribution is -2.25. The third kappa shape index (κ3) is 5.00. The monoisotopic (exact) mass is 244 g/mol. The molecule has 0 bridgehead atoms. The third-order valence-corrected chi connectivity index (χ3v) is 4.07. The molecule has 0 spiro atoms. The lowest BCUT2D eigenvalue weighted by Gasteiger charge is -2.11. The van der Waals surface area contributed by atoms with Gasteiger partial charge in [-0.25, -0.2) is 4.98 Å². The second-order valence-corrected chi connectivity index (χ2v) is 5.82. The van der Waals surface area contributed by atoms with Crippen LogP contribution in [0, 0.1) is 0 Å². The second-order valence-electron chi connectivity index (χ2n) is 3.64. The number of rotatable bonds is 7. The quantitative estimate of drug-likeness (QED) is 0.798. The van der Waals surface area contributed by atoms with E-state index in [1.165, 1.54) is 22.1 Å². The molecule has 1 atom stereocenters. The Labute approximate surface area is 101 Å². The summed E-state index contributed by atoms with van der Waals surface area (Å²) in [5, 5.41) is 4.77. The lowest BCUT2D eigenvalue weighted by molar-refractivity contribution is 0.540. The topological polar surface area (TPSA) is 24.9 Å². The largest absolute Gasteiger partial charge is 0.309 e. The Hall–Kier alpha value is -0.0600. The van der Waals surface area contributed by atoms with Gasteiger partial charge < -0.3 is 5.32 Å². The van der Waals surface area contributed by atoms with Crippen LogP contribution in [0.3, 0.4) is 0 Å². The van der Waals surface area contributed by atoms with E-state index in [1.54, 1.807) is 0 Å². The van der Waals surface area contributed by atoms with Crippen molar-refractivity contribution in [3.63, 3.8) is 0 Å². The fraction of sp³-hybridized carbons (Fsp3) is 0.727. The molecule has 1 rings (SSSR count). The molecule has 0 saturated heterocycles. The van der Waals surface area contributed by atoms with Crippen molar-refractivity contribution in [1.29, 1.82) is 0 Å². The van der Waals surface area contributed by atoms with Crippen LogP contribution in [0.15, 0.2) is 6.20 Å². The standard InChI is InChI=1S/C11H20N2S2/c1-4-11-13-8-10(15-11)7-12-9(2)5-6-14-3/h8-9,12H,4-7H2,1-3H3. The van der Waals surface area contributed by atoms with Crippen LogP contribution in [-0.2, 0) is 13.0 Å². The molecule has 0 fully saturated rings. The summed E-state index contributed by atoms with van der Waals surface area (Å²) in [5.41, 5.74) is 0. The highest BCUT2D eigenvalue weighted by molar-refractivity contribution is 7.98. The molecular formula is C11H20N2S2. The number of nitrogens with one attached hydrogen (secondary N) is 1. The smallest absolute Gasteiger partial charge is 0.0925 e. The molecule has 86 valence electrons. The number of hydrogen-bond acceptors (Lipinski definition) is 4. The number of nitrogens with zero attached hydrogens (tertiary/aromatic N) is 1. The van der Waals surface area contributed by atoms with Gasteiger partial charge in [-0.1, -0.05) is 6.92 Å². The van der Waals surface area contributed by atoms with E-state index in [0.717, 1.165) is 13.0 Å². The summed E-state index contributed by atoms with van der Waals surface area (Å²) >= 11 is 3.73. The summed E-state index contributed by atoms with van der Waals surface area (Å²) in [5.74, 6) is 1.23. The fourth-order valence-corrected chi connectivity index (χ4v) is 2.67. The van der Waals surface area contributed by atoms with E-state index < -0.39 is 0 Å². The maximum absolute atomic E-state index is 4.35. The first-order valence-corrected chi connectivity index (χ1v) is 7.63. The maximum Gasteiger partial charge on any atom is 0.0925 e. The van der Waals surface area contributed by atoms with Gasteiger partial charge in [-0.3, -0.25) is 0 Å². The van der Waals surface area contributed by atoms with E-state index in [2.05, 4.69) is 30.4 Å². The summed E-state index contributed by atoms with van der Waals surface area (Å²) in [7, 11) is 0. The molecule has 0 amide bonds. The Morgan fingerprint density at radius 1 is 1.60 bits per heavy atom. The van der Waals surface area contributed by atoms with Crippen LogP contribution in [0.4, 0.5) is 0 Å². The van der Waals surface area contributed by atoms with Crippen molar-refractivity contribution in [3.05, 3.63) is 16.1 Å². The van der Waals surface area contributed by atoms with Crippen LogP contribution in [0.5, 0.6) is 0 Å². The number of thiazole rings is 1. The van der Waals surface area contributed by atoms with Crippen LogP contribution in [-0.4, -0.2) is 23.0 Å². The summed E-state index contributed by atoms with van der Waals surface area (Å²) in [6.07, 6.45) is 6.44. The minimum Gasteiger partial charge on any atom is -0.309 e. The summed E-state index contributed by atoms with van der Waals surface area (Å²) < 4.78 is 0. The zero-order valence-electron chi connectivity index (χ0n) is 9.75. The van der Waals surface area contributed by atoms with Crippen molar-refractivity contribution >= 4 is 23.1 Å². The summed E-state index contributed by atoms with van der Waals surface area (Å²) in [4.78, 5) is 5.70. The van der Waals surface area contributed by atoms with Gasteiger partial charge in [0, 0.05) is 23.7 Å². The second kappa shape index (κ2) is 7.25. The van der Waals surface area contributed by atoms with Gasteiger partial charge in [0.25, 0.3) is 0 Å². The molecule has 4 heteroatoms. The van der Waals surface area contributed by atoms with Gasteiger partial charge in [-0.05, 0) is 31.8 Å². The van der Waals surface area contributed by atoms with Crippen molar-refractivity contribution in [2.75, 3.05) is 12.0 Å². The number of hydrogen-bond donors (Lipinski definition) is 1. The van der Waals surface area contributed by atoms with Gasteiger partial charge in [0.05, 0.1) is 5.01 Å². The first-order chi connectivity index (χ1) is 7.26. The van der Waals surface area contributed by atoms with Crippen LogP contribution in [0.25, 0.3) is 0 Å². The minimum absolute atomic E-state index is 0.602. The third-order valence-electron chi connectivity index (χ3n) is 2.28. The van der Waals surface area contributed by atoms with Crippen molar-refractivity contribution in [3.8, 4) is 0 Å². The molecule has 0 aliphatic heterocycles. The molecule has 0 saturated carbocycles. The lowest BCUT2D eigenvalue weighted by atomic mass is 10.2. The highest BCUT2D eigenvalue weighted by Gasteiger charge is 2.03. The van der Waals surface area contributed by atoms with Crippen molar-refractivity contribution in [2.24, 2.45) is 0 Å². The van der Waals surface area contributed by atoms with E-state index in [-0.39, 0.29) is 0 Å². The van der Waals surface area contributed by atoms with Gasteiger partial charge in [-0.2, -0.15) is 11.8 Å². The normalized spacial score (nSPS) is 13.0. The zero-order chi connectivity index (χ0) is 11.1. The van der Waals surface area contributed by atoms with E-state index in [0.29, 0.717) is 6.04 Å². The molecule has 15 heavy (non-hydrogen) atoms. The molecule has 2 nitrogen and oxygen atoms in total. The highest BCUT2D eigenvalue weighted by atomic mass is 32.2. The Morgan fingerprint density at radius 2 is 2.40 bits per heavy atom. The van der Waals surface area contributed by atoms with E-state index in [1.807, 2.05) is 29.3 Å². The van der Waals surface area contributed by atoms with Gasteiger partial charge in [-0.15, -0.1) is 11.3 Å². The fourth-order valence-electron chi connectivity index (χ4n) is 1.26. The average Bonchev–Trinajstić information content (AvgIpc) is 2.71. The first-order valence-electron chi connectivity index (χ1n) is 5.42. The number of aromatic nitrogens is 1. The Morgan fingerprint density at radius 3 is 3.00 bits per heavy atom. The highest BCUT2D eigenvalue weighted by Crippen LogP contribution is 2.13. The van der Waals surface area contributed by atoms with Crippen LogP contribution in [0.1, 0.15) is 30.2 Å². The molecule has 0 aliphatic carbocycles. The van der Waals surface area contributed by atoms with Gasteiger partial charge in [0.15, 0.2) is 0 Å². The maximum atomic E-state index is 4.35. The molecule has 0 aliphatic rings. The average molecular weight is 244 g/mol. The van der Waals surface area contributed by atoms with Crippen LogP contribution < -0.4 is 5.32 Å². The van der Waals surface area contributed by atoms with Gasteiger partial charge in [0.2, 0.25) is 0 Å². The number of aryl methyl sites for hydroxylation is 1. The Bertz CT molecular complexity index is 273. The van der Waals surface area contributed by atoms with Crippen LogP contribution >= 0.6 is 23.1 Å². The van der Waals surface area contributed by atoms with E-state index in [9.17, 15) is 0 Å². The molecule has 1 unspecified atom stereocenters. The number of thioether (sulfide) groups is 1. The van der Waals surface area contributed by atoms with Gasteiger partial charge >= 0.3 is 0 Å². The van der Waals surface area contributed by atoms with Crippen LogP contribution in [0.2, 0.25) is 0 Å². The molecule has 1 aromatic rings. The summed E-state index contributed by atoms with van der Waals surface area (Å²) in [6.45, 7) is 5.36. The minimum atomic E-state index is 0.602. The zero-order valence-corrected chi connectivity index (χ0v) is 11.4. The molecular weight excluding hydrogens is 224 g/mol. The molecule has 0 aromatic carbocycles. The molecule has 0 radical (unpaired) electrons. The predicted octanol–water partition coefficient (Wildman–Crippen LogP) is 2.94. The van der Waals surface area contributed by atoms with Gasteiger partial charge in [0.1, 0.15) is 0 Å². The molecule has 1 N–H and O–H groups in total. The van der Waals surface area contributed by atoms with E-state index >= 15 is 0 Å². The summed E-state index contributed by atoms with van der Waals surface area (Å²) in [6, 6.07) is 0.602. The van der Waals surface area contributed by atoms with Crippen molar-refractivity contribution in [1.82, 2.24) is 10.3 Å². The molecule has 1 heterocycles. The predicted molar refractivity (Wildman–Crippen MR) is 70.8 cm³/mol. The SMILES string of the molecule is CCc1ncc(CNC(C)CCSC)s1. The first kappa shape index (κ1) is 13.0. The molecule has 1 aromatic heterocycles. The van der Waals surface area contributed by atoms with Crippen molar-refractivity contribution in [2.45, 2.75) is 39.3 Å². The van der Waals surface area contributed by atoms with E-state index in [4.69, 9.17) is 0 Å². The Balaban J connectivity index is 2.24. The Kier molecular flexibility index (Phi) is 6.29.